The van der Waals surface area contributed by atoms with Crippen molar-refractivity contribution in [2.75, 3.05) is 26.2 Å². The average molecular weight is 309 g/mol. The summed E-state index contributed by atoms with van der Waals surface area (Å²) in [6, 6.07) is 0.889. The van der Waals surface area contributed by atoms with Gasteiger partial charge in [-0.1, -0.05) is 46.0 Å². The zero-order valence-corrected chi connectivity index (χ0v) is 15.3. The van der Waals surface area contributed by atoms with E-state index in [0.29, 0.717) is 0 Å². The van der Waals surface area contributed by atoms with Gasteiger partial charge in [0, 0.05) is 6.04 Å². The number of piperidine rings is 2. The van der Waals surface area contributed by atoms with Crippen molar-refractivity contribution >= 4 is 0 Å². The van der Waals surface area contributed by atoms with Gasteiger partial charge in [-0.15, -0.1) is 0 Å². The van der Waals surface area contributed by atoms with E-state index in [1.54, 1.807) is 0 Å². The first-order valence-corrected chi connectivity index (χ1v) is 10.3. The van der Waals surface area contributed by atoms with Gasteiger partial charge in [0.15, 0.2) is 0 Å². The Bertz CT molecular complexity index is 265. The highest BCUT2D eigenvalue weighted by Gasteiger charge is 2.29. The predicted octanol–water partition coefficient (Wildman–Crippen LogP) is 4.84. The molecule has 2 aliphatic rings. The van der Waals surface area contributed by atoms with Crippen molar-refractivity contribution in [2.45, 2.75) is 90.5 Å². The third-order valence-corrected chi connectivity index (χ3v) is 6.17. The second-order valence-corrected chi connectivity index (χ2v) is 7.75. The molecule has 0 spiro atoms. The van der Waals surface area contributed by atoms with Crippen LogP contribution in [-0.4, -0.2) is 37.1 Å². The predicted molar refractivity (Wildman–Crippen MR) is 97.3 cm³/mol. The maximum Gasteiger partial charge on any atom is 0.00952 e. The number of likely N-dealkylation sites (tertiary alicyclic amines) is 1. The molecule has 130 valence electrons. The van der Waals surface area contributed by atoms with E-state index in [-0.39, 0.29) is 0 Å². The molecule has 0 amide bonds. The Balaban J connectivity index is 1.75. The summed E-state index contributed by atoms with van der Waals surface area (Å²) in [7, 11) is 0. The van der Waals surface area contributed by atoms with E-state index >= 15 is 0 Å². The van der Waals surface area contributed by atoms with Gasteiger partial charge in [0.1, 0.15) is 0 Å². The molecule has 2 saturated heterocycles. The molecule has 0 aromatic heterocycles. The number of unbranched alkanes of at least 4 members (excludes halogenated alkanes) is 3. The van der Waals surface area contributed by atoms with Gasteiger partial charge in [-0.25, -0.2) is 0 Å². The Kier molecular flexibility index (Phi) is 8.84. The topological polar surface area (TPSA) is 15.3 Å². The van der Waals surface area contributed by atoms with E-state index in [4.69, 9.17) is 0 Å². The Hall–Kier alpha value is -0.0800. The fourth-order valence-electron chi connectivity index (χ4n) is 4.65. The van der Waals surface area contributed by atoms with E-state index in [2.05, 4.69) is 24.1 Å². The molecule has 2 heterocycles. The van der Waals surface area contributed by atoms with Crippen molar-refractivity contribution in [3.63, 3.8) is 0 Å². The molecule has 2 rings (SSSR count). The smallest absolute Gasteiger partial charge is 0.00952 e. The summed E-state index contributed by atoms with van der Waals surface area (Å²) < 4.78 is 0. The normalized spacial score (nSPS) is 23.7. The Morgan fingerprint density at radius 3 is 2.05 bits per heavy atom. The monoisotopic (exact) mass is 308 g/mol. The average Bonchev–Trinajstić information content (AvgIpc) is 2.59. The summed E-state index contributed by atoms with van der Waals surface area (Å²) in [6.45, 7) is 9.96. The van der Waals surface area contributed by atoms with Gasteiger partial charge in [-0.2, -0.15) is 0 Å². The van der Waals surface area contributed by atoms with Crippen LogP contribution in [0.1, 0.15) is 84.5 Å². The van der Waals surface area contributed by atoms with Gasteiger partial charge in [-0.05, 0) is 76.5 Å². The summed E-state index contributed by atoms with van der Waals surface area (Å²) in [4.78, 5) is 2.86. The van der Waals surface area contributed by atoms with E-state index in [1.165, 1.54) is 96.8 Å². The maximum atomic E-state index is 3.52. The minimum atomic E-state index is 0.889. The molecule has 0 aliphatic carbocycles. The van der Waals surface area contributed by atoms with E-state index < -0.39 is 0 Å². The number of rotatable bonds is 9. The van der Waals surface area contributed by atoms with E-state index in [0.717, 1.165) is 17.9 Å². The van der Waals surface area contributed by atoms with Crippen LogP contribution in [0, 0.1) is 11.8 Å². The highest BCUT2D eigenvalue weighted by atomic mass is 15.2. The maximum absolute atomic E-state index is 3.52. The lowest BCUT2D eigenvalue weighted by Gasteiger charge is -2.41. The number of nitrogens with one attached hydrogen (secondary N) is 1. The first-order valence-electron chi connectivity index (χ1n) is 10.3. The number of nitrogens with zero attached hydrogens (tertiary/aromatic N) is 1. The molecule has 0 radical (unpaired) electrons. The zero-order valence-electron chi connectivity index (χ0n) is 15.3. The van der Waals surface area contributed by atoms with Gasteiger partial charge < -0.3 is 10.2 Å². The summed E-state index contributed by atoms with van der Waals surface area (Å²) in [5.41, 5.74) is 0. The van der Waals surface area contributed by atoms with Crippen LogP contribution in [0.2, 0.25) is 0 Å². The zero-order chi connectivity index (χ0) is 15.6. The Morgan fingerprint density at radius 1 is 0.818 bits per heavy atom. The van der Waals surface area contributed by atoms with Crippen LogP contribution >= 0.6 is 0 Å². The van der Waals surface area contributed by atoms with Crippen LogP contribution in [0.5, 0.6) is 0 Å². The molecule has 0 bridgehead atoms. The molecule has 2 fully saturated rings. The fourth-order valence-corrected chi connectivity index (χ4v) is 4.65. The number of hydrogen-bond donors (Lipinski definition) is 1. The van der Waals surface area contributed by atoms with Crippen LogP contribution < -0.4 is 5.32 Å². The molecule has 1 unspecified atom stereocenters. The molecule has 2 nitrogen and oxygen atoms in total. The van der Waals surface area contributed by atoms with Crippen molar-refractivity contribution < 1.29 is 0 Å². The molecule has 2 heteroatoms. The standard InChI is InChI=1S/C20H40N2/c1-3-5-7-9-20(8-6-4-2)22-16-12-19(13-17-22)18-10-14-21-15-11-18/h18-21H,3-17H2,1-2H3. The first-order chi connectivity index (χ1) is 10.8. The molecular formula is C20H40N2. The third-order valence-electron chi connectivity index (χ3n) is 6.17. The van der Waals surface area contributed by atoms with Crippen molar-refractivity contribution in [3.05, 3.63) is 0 Å². The second-order valence-electron chi connectivity index (χ2n) is 7.75. The highest BCUT2D eigenvalue weighted by molar-refractivity contribution is 4.83. The Labute approximate surface area is 139 Å². The fraction of sp³-hybridized carbons (Fsp3) is 1.00. The quantitative estimate of drug-likeness (QED) is 0.613. The number of hydrogen-bond acceptors (Lipinski definition) is 2. The van der Waals surface area contributed by atoms with Gasteiger partial charge in [-0.3, -0.25) is 0 Å². The lowest BCUT2D eigenvalue weighted by molar-refractivity contribution is 0.0872. The van der Waals surface area contributed by atoms with Crippen LogP contribution in [0.3, 0.4) is 0 Å². The van der Waals surface area contributed by atoms with E-state index in [9.17, 15) is 0 Å². The second kappa shape index (κ2) is 10.6. The lowest BCUT2D eigenvalue weighted by atomic mass is 9.79. The van der Waals surface area contributed by atoms with Gasteiger partial charge in [0.2, 0.25) is 0 Å². The molecule has 22 heavy (non-hydrogen) atoms. The molecular weight excluding hydrogens is 268 g/mol. The van der Waals surface area contributed by atoms with Crippen LogP contribution in [0.25, 0.3) is 0 Å². The van der Waals surface area contributed by atoms with E-state index in [1.807, 2.05) is 0 Å². The lowest BCUT2D eigenvalue weighted by Crippen LogP contribution is -2.44. The summed E-state index contributed by atoms with van der Waals surface area (Å²) in [6.07, 6.45) is 15.7. The van der Waals surface area contributed by atoms with Crippen molar-refractivity contribution in [3.8, 4) is 0 Å². The molecule has 0 aromatic rings. The summed E-state index contributed by atoms with van der Waals surface area (Å²) in [5, 5.41) is 3.52. The molecule has 0 aromatic carbocycles. The van der Waals surface area contributed by atoms with Gasteiger partial charge in [0.05, 0.1) is 0 Å². The van der Waals surface area contributed by atoms with Crippen LogP contribution in [-0.2, 0) is 0 Å². The summed E-state index contributed by atoms with van der Waals surface area (Å²) >= 11 is 0. The highest BCUT2D eigenvalue weighted by Crippen LogP contribution is 2.32. The molecule has 2 aliphatic heterocycles. The minimum Gasteiger partial charge on any atom is -0.317 e. The molecule has 1 atom stereocenters. The van der Waals surface area contributed by atoms with Crippen molar-refractivity contribution in [1.82, 2.24) is 10.2 Å². The SMILES string of the molecule is CCCCCC(CCCC)N1CCC(C2CCNCC2)CC1. The van der Waals surface area contributed by atoms with Crippen LogP contribution in [0.4, 0.5) is 0 Å². The third kappa shape index (κ3) is 5.85. The Morgan fingerprint density at radius 2 is 1.41 bits per heavy atom. The van der Waals surface area contributed by atoms with Crippen LogP contribution in [0.15, 0.2) is 0 Å². The first kappa shape index (κ1) is 18.3. The molecule has 0 saturated carbocycles. The van der Waals surface area contributed by atoms with Crippen molar-refractivity contribution in [1.29, 1.82) is 0 Å². The summed E-state index contributed by atoms with van der Waals surface area (Å²) in [5.74, 6) is 2.05. The van der Waals surface area contributed by atoms with Crippen molar-refractivity contribution in [2.24, 2.45) is 11.8 Å². The minimum absolute atomic E-state index is 0.889. The van der Waals surface area contributed by atoms with Gasteiger partial charge >= 0.3 is 0 Å². The molecule has 1 N–H and O–H groups in total. The largest absolute Gasteiger partial charge is 0.317 e. The van der Waals surface area contributed by atoms with Gasteiger partial charge in [0.25, 0.3) is 0 Å².